The van der Waals surface area contributed by atoms with Gasteiger partial charge in [-0.3, -0.25) is 9.52 Å². The second-order valence-corrected chi connectivity index (χ2v) is 7.16. The topological polar surface area (TPSA) is 107 Å². The molecule has 2 aromatic carbocycles. The van der Waals surface area contributed by atoms with E-state index in [0.29, 0.717) is 11.4 Å². The molecule has 0 saturated carbocycles. The maximum Gasteiger partial charge on any atom is 0.269 e. The van der Waals surface area contributed by atoms with Crippen LogP contribution >= 0.6 is 0 Å². The molecule has 1 aromatic heterocycles. The van der Waals surface area contributed by atoms with Crippen molar-refractivity contribution in [2.75, 3.05) is 4.72 Å². The Labute approximate surface area is 145 Å². The van der Waals surface area contributed by atoms with Gasteiger partial charge in [-0.15, -0.1) is 0 Å². The molecule has 0 saturated heterocycles. The maximum atomic E-state index is 12.4. The van der Waals surface area contributed by atoms with E-state index in [1.165, 1.54) is 10.7 Å². The van der Waals surface area contributed by atoms with Gasteiger partial charge in [-0.1, -0.05) is 12.1 Å². The number of hydrogen-bond donors (Lipinski definition) is 2. The average Bonchev–Trinajstić information content (AvgIpc) is 3.05. The molecular formula is C17H16N4O3S. The van der Waals surface area contributed by atoms with E-state index < -0.39 is 15.9 Å². The quantitative estimate of drug-likeness (QED) is 0.730. The van der Waals surface area contributed by atoms with Gasteiger partial charge in [-0.25, -0.2) is 13.1 Å². The summed E-state index contributed by atoms with van der Waals surface area (Å²) in [7, 11) is -3.65. The summed E-state index contributed by atoms with van der Waals surface area (Å²) >= 11 is 0. The van der Waals surface area contributed by atoms with E-state index in [1.807, 2.05) is 13.0 Å². The van der Waals surface area contributed by atoms with Crippen LogP contribution < -0.4 is 10.5 Å². The van der Waals surface area contributed by atoms with Crippen LogP contribution in [0.1, 0.15) is 16.1 Å². The van der Waals surface area contributed by atoms with Gasteiger partial charge in [0.05, 0.1) is 10.6 Å². The van der Waals surface area contributed by atoms with E-state index in [4.69, 9.17) is 5.73 Å². The first kappa shape index (κ1) is 16.7. The van der Waals surface area contributed by atoms with Crippen LogP contribution in [0, 0.1) is 6.92 Å². The van der Waals surface area contributed by atoms with E-state index in [1.54, 1.807) is 48.7 Å². The third-order valence-electron chi connectivity index (χ3n) is 3.53. The molecule has 25 heavy (non-hydrogen) atoms. The van der Waals surface area contributed by atoms with Crippen LogP contribution in [0.25, 0.3) is 5.69 Å². The molecule has 0 aliphatic carbocycles. The van der Waals surface area contributed by atoms with Crippen molar-refractivity contribution in [3.05, 3.63) is 72.1 Å². The highest BCUT2D eigenvalue weighted by Crippen LogP contribution is 2.18. The van der Waals surface area contributed by atoms with Crippen molar-refractivity contribution >= 4 is 21.6 Å². The molecule has 0 aliphatic heterocycles. The lowest BCUT2D eigenvalue weighted by Gasteiger charge is -2.09. The highest BCUT2D eigenvalue weighted by atomic mass is 32.2. The lowest BCUT2D eigenvalue weighted by Crippen LogP contribution is -2.13. The summed E-state index contributed by atoms with van der Waals surface area (Å²) in [5, 5.41) is 4.05. The zero-order valence-corrected chi connectivity index (χ0v) is 14.2. The number of hydrogen-bond acceptors (Lipinski definition) is 4. The zero-order valence-electron chi connectivity index (χ0n) is 13.4. The highest BCUT2D eigenvalue weighted by molar-refractivity contribution is 7.92. The molecule has 0 bridgehead atoms. The van der Waals surface area contributed by atoms with Crippen LogP contribution in [0.2, 0.25) is 0 Å². The normalized spacial score (nSPS) is 11.2. The van der Waals surface area contributed by atoms with Crippen LogP contribution in [0.3, 0.4) is 0 Å². The molecule has 0 fully saturated rings. The number of nitrogens with one attached hydrogen (secondary N) is 1. The predicted octanol–water partition coefficient (Wildman–Crippen LogP) is 2.08. The van der Waals surface area contributed by atoms with Crippen molar-refractivity contribution in [1.29, 1.82) is 0 Å². The molecule has 0 aliphatic rings. The first-order valence-corrected chi connectivity index (χ1v) is 8.89. The highest BCUT2D eigenvalue weighted by Gasteiger charge is 2.14. The number of anilines is 1. The molecule has 128 valence electrons. The van der Waals surface area contributed by atoms with Gasteiger partial charge in [0.1, 0.15) is 5.69 Å². The minimum absolute atomic E-state index is 0.157. The first-order valence-electron chi connectivity index (χ1n) is 7.40. The number of sulfonamides is 1. The SMILES string of the molecule is Cc1cccc(S(=O)(=O)Nc2ccc(-n3ccc(C(N)=O)n3)cc2)c1. The lowest BCUT2D eigenvalue weighted by atomic mass is 10.2. The van der Waals surface area contributed by atoms with Gasteiger partial charge >= 0.3 is 0 Å². The molecule has 3 N–H and O–H groups in total. The fourth-order valence-electron chi connectivity index (χ4n) is 2.28. The molecule has 3 aromatic rings. The molecule has 0 radical (unpaired) electrons. The third-order valence-corrected chi connectivity index (χ3v) is 4.90. The lowest BCUT2D eigenvalue weighted by molar-refractivity contribution is 0.0995. The number of nitrogens with zero attached hydrogens (tertiary/aromatic N) is 2. The number of aryl methyl sites for hydroxylation is 1. The Bertz CT molecular complexity index is 1020. The van der Waals surface area contributed by atoms with Gasteiger partial charge in [0.2, 0.25) is 0 Å². The molecule has 7 nitrogen and oxygen atoms in total. The second kappa shape index (κ2) is 6.40. The molecule has 1 heterocycles. The summed E-state index contributed by atoms with van der Waals surface area (Å²) in [4.78, 5) is 11.3. The standard InChI is InChI=1S/C17H16N4O3S/c1-12-3-2-4-15(11-12)25(23,24)20-13-5-7-14(8-6-13)21-10-9-16(19-21)17(18)22/h2-11,20H,1H3,(H2,18,22). The number of amides is 1. The average molecular weight is 356 g/mol. The Balaban J connectivity index is 1.81. The number of aromatic nitrogens is 2. The van der Waals surface area contributed by atoms with Crippen molar-refractivity contribution in [2.45, 2.75) is 11.8 Å². The Hall–Kier alpha value is -3.13. The molecule has 8 heteroatoms. The van der Waals surface area contributed by atoms with Gasteiger partial charge in [-0.05, 0) is 55.0 Å². The predicted molar refractivity (Wildman–Crippen MR) is 94.1 cm³/mol. The smallest absolute Gasteiger partial charge is 0.269 e. The number of rotatable bonds is 5. The number of primary amides is 1. The molecule has 0 unspecified atom stereocenters. The van der Waals surface area contributed by atoms with Gasteiger partial charge in [0.15, 0.2) is 0 Å². The largest absolute Gasteiger partial charge is 0.364 e. The van der Waals surface area contributed by atoms with Crippen molar-refractivity contribution in [3.8, 4) is 5.69 Å². The Morgan fingerprint density at radius 2 is 1.84 bits per heavy atom. The minimum atomic E-state index is -3.65. The van der Waals surface area contributed by atoms with Gasteiger partial charge in [0, 0.05) is 11.9 Å². The fourth-order valence-corrected chi connectivity index (χ4v) is 3.44. The van der Waals surface area contributed by atoms with Gasteiger partial charge < -0.3 is 5.73 Å². The molecule has 3 rings (SSSR count). The fraction of sp³-hybridized carbons (Fsp3) is 0.0588. The molecular weight excluding hydrogens is 340 g/mol. The van der Waals surface area contributed by atoms with Crippen LogP contribution in [0.4, 0.5) is 5.69 Å². The summed E-state index contributed by atoms with van der Waals surface area (Å²) in [6.07, 6.45) is 1.60. The Morgan fingerprint density at radius 3 is 2.44 bits per heavy atom. The van der Waals surface area contributed by atoms with Crippen LogP contribution in [-0.4, -0.2) is 24.1 Å². The number of carbonyl (C=O) groups is 1. The summed E-state index contributed by atoms with van der Waals surface area (Å²) in [5.74, 6) is -0.610. The Kier molecular flexibility index (Phi) is 4.28. The number of carbonyl (C=O) groups excluding carboxylic acids is 1. The van der Waals surface area contributed by atoms with Gasteiger partial charge in [-0.2, -0.15) is 5.10 Å². The van der Waals surface area contributed by atoms with Crippen molar-refractivity contribution in [1.82, 2.24) is 9.78 Å². The molecule has 0 atom stereocenters. The summed E-state index contributed by atoms with van der Waals surface area (Å²) in [5.41, 5.74) is 7.29. The molecule has 0 spiro atoms. The van der Waals surface area contributed by atoms with E-state index in [2.05, 4.69) is 9.82 Å². The molecule has 1 amide bonds. The van der Waals surface area contributed by atoms with E-state index in [-0.39, 0.29) is 10.6 Å². The monoisotopic (exact) mass is 356 g/mol. The Morgan fingerprint density at radius 1 is 1.12 bits per heavy atom. The minimum Gasteiger partial charge on any atom is -0.364 e. The second-order valence-electron chi connectivity index (χ2n) is 5.48. The summed E-state index contributed by atoms with van der Waals surface area (Å²) < 4.78 is 28.8. The summed E-state index contributed by atoms with van der Waals surface area (Å²) in [6.45, 7) is 1.83. The summed E-state index contributed by atoms with van der Waals surface area (Å²) in [6, 6.07) is 14.8. The van der Waals surface area contributed by atoms with Crippen molar-refractivity contribution in [3.63, 3.8) is 0 Å². The zero-order chi connectivity index (χ0) is 18.0. The van der Waals surface area contributed by atoms with Crippen LogP contribution in [0.5, 0.6) is 0 Å². The number of nitrogens with two attached hydrogens (primary N) is 1. The van der Waals surface area contributed by atoms with E-state index in [0.717, 1.165) is 5.56 Å². The van der Waals surface area contributed by atoms with Crippen LogP contribution in [0.15, 0.2) is 65.7 Å². The maximum absolute atomic E-state index is 12.4. The van der Waals surface area contributed by atoms with Gasteiger partial charge in [0.25, 0.3) is 15.9 Å². The third kappa shape index (κ3) is 3.69. The van der Waals surface area contributed by atoms with Crippen molar-refractivity contribution in [2.24, 2.45) is 5.73 Å². The van der Waals surface area contributed by atoms with Crippen LogP contribution in [-0.2, 0) is 10.0 Å². The first-order chi connectivity index (χ1) is 11.8. The van der Waals surface area contributed by atoms with E-state index >= 15 is 0 Å². The van der Waals surface area contributed by atoms with E-state index in [9.17, 15) is 13.2 Å². The number of benzene rings is 2. The van der Waals surface area contributed by atoms with Crippen molar-refractivity contribution < 1.29 is 13.2 Å².